The molecule has 0 spiro atoms. The van der Waals surface area contributed by atoms with Gasteiger partial charge in [-0.1, -0.05) is 12.1 Å². The number of rotatable bonds is 4. The first-order valence-electron chi connectivity index (χ1n) is 5.54. The van der Waals surface area contributed by atoms with Crippen molar-refractivity contribution in [1.82, 2.24) is 5.32 Å². The maximum Gasteiger partial charge on any atom is 0.0991 e. The summed E-state index contributed by atoms with van der Waals surface area (Å²) in [6.07, 6.45) is 0. The van der Waals surface area contributed by atoms with Crippen molar-refractivity contribution >= 4 is 11.3 Å². The smallest absolute Gasteiger partial charge is 0.0991 e. The maximum absolute atomic E-state index is 8.73. The number of thiophene rings is 1. The minimum Gasteiger partial charge on any atom is -0.306 e. The monoisotopic (exact) mass is 242 g/mol. The molecule has 0 fully saturated rings. The predicted molar refractivity (Wildman–Crippen MR) is 70.7 cm³/mol. The highest BCUT2D eigenvalue weighted by Gasteiger charge is 2.04. The van der Waals surface area contributed by atoms with E-state index in [0.29, 0.717) is 11.6 Å². The van der Waals surface area contributed by atoms with Gasteiger partial charge in [0.25, 0.3) is 0 Å². The van der Waals surface area contributed by atoms with Gasteiger partial charge in [0, 0.05) is 12.6 Å². The Morgan fingerprint density at radius 1 is 1.29 bits per heavy atom. The molecular weight excluding hydrogens is 228 g/mol. The van der Waals surface area contributed by atoms with Crippen molar-refractivity contribution < 1.29 is 0 Å². The van der Waals surface area contributed by atoms with Crippen molar-refractivity contribution in [3.63, 3.8) is 0 Å². The van der Waals surface area contributed by atoms with Gasteiger partial charge in [0.15, 0.2) is 0 Å². The molecule has 1 aromatic carbocycles. The Kier molecular flexibility index (Phi) is 3.92. The molecule has 0 aliphatic heterocycles. The lowest BCUT2D eigenvalue weighted by Gasteiger charge is -2.13. The summed E-state index contributed by atoms with van der Waals surface area (Å²) in [5.74, 6) is 0. The Morgan fingerprint density at radius 2 is 2.06 bits per heavy atom. The average molecular weight is 242 g/mol. The highest BCUT2D eigenvalue weighted by molar-refractivity contribution is 7.07. The first kappa shape index (κ1) is 11.8. The summed E-state index contributed by atoms with van der Waals surface area (Å²) < 4.78 is 0. The van der Waals surface area contributed by atoms with Crippen molar-refractivity contribution in [2.45, 2.75) is 19.5 Å². The fourth-order valence-electron chi connectivity index (χ4n) is 1.63. The van der Waals surface area contributed by atoms with E-state index in [1.807, 2.05) is 24.3 Å². The predicted octanol–water partition coefficient (Wildman–Crippen LogP) is 3.47. The van der Waals surface area contributed by atoms with E-state index < -0.39 is 0 Å². The molecule has 0 aliphatic carbocycles. The molecule has 86 valence electrons. The fourth-order valence-corrected chi connectivity index (χ4v) is 2.30. The molecule has 1 heterocycles. The summed E-state index contributed by atoms with van der Waals surface area (Å²) in [6, 6.07) is 12.3. The lowest BCUT2D eigenvalue weighted by Crippen LogP contribution is -2.17. The van der Waals surface area contributed by atoms with E-state index in [1.54, 1.807) is 11.3 Å². The van der Waals surface area contributed by atoms with Crippen LogP contribution in [0.25, 0.3) is 0 Å². The van der Waals surface area contributed by atoms with Crippen LogP contribution in [-0.2, 0) is 6.54 Å². The summed E-state index contributed by atoms with van der Waals surface area (Å²) >= 11 is 1.72. The van der Waals surface area contributed by atoms with Crippen LogP contribution in [0.2, 0.25) is 0 Å². The standard InChI is InChI=1S/C14H14N2S/c1-11(16-9-13-6-7-17-10-13)14-4-2-12(8-15)3-5-14/h2-7,10-11,16H,9H2,1H3. The van der Waals surface area contributed by atoms with Crippen molar-refractivity contribution in [2.75, 3.05) is 0 Å². The minimum atomic E-state index is 0.294. The van der Waals surface area contributed by atoms with E-state index in [4.69, 9.17) is 5.26 Å². The van der Waals surface area contributed by atoms with Gasteiger partial charge in [-0.2, -0.15) is 16.6 Å². The van der Waals surface area contributed by atoms with Crippen molar-refractivity contribution in [3.8, 4) is 6.07 Å². The molecule has 2 nitrogen and oxygen atoms in total. The SMILES string of the molecule is CC(NCc1ccsc1)c1ccc(C#N)cc1. The Hall–Kier alpha value is -1.63. The van der Waals surface area contributed by atoms with E-state index in [1.165, 1.54) is 11.1 Å². The third kappa shape index (κ3) is 3.16. The molecule has 1 aromatic heterocycles. The first-order chi connectivity index (χ1) is 8.29. The highest BCUT2D eigenvalue weighted by Crippen LogP contribution is 2.14. The van der Waals surface area contributed by atoms with Gasteiger partial charge >= 0.3 is 0 Å². The Balaban J connectivity index is 1.95. The van der Waals surface area contributed by atoms with Crippen LogP contribution in [0, 0.1) is 11.3 Å². The number of benzene rings is 1. The van der Waals surface area contributed by atoms with Crippen molar-refractivity contribution in [3.05, 3.63) is 57.8 Å². The lowest BCUT2D eigenvalue weighted by atomic mass is 10.1. The zero-order valence-corrected chi connectivity index (χ0v) is 10.5. The molecule has 2 aromatic rings. The molecule has 1 N–H and O–H groups in total. The summed E-state index contributed by atoms with van der Waals surface area (Å²) in [7, 11) is 0. The van der Waals surface area contributed by atoms with Gasteiger partial charge in [-0.3, -0.25) is 0 Å². The third-order valence-corrected chi connectivity index (χ3v) is 3.46. The molecule has 1 atom stereocenters. The van der Waals surface area contributed by atoms with Gasteiger partial charge in [0.05, 0.1) is 11.6 Å². The first-order valence-corrected chi connectivity index (χ1v) is 6.48. The van der Waals surface area contributed by atoms with E-state index in [9.17, 15) is 0 Å². The Morgan fingerprint density at radius 3 is 2.65 bits per heavy atom. The van der Waals surface area contributed by atoms with Gasteiger partial charge in [-0.15, -0.1) is 0 Å². The highest BCUT2D eigenvalue weighted by atomic mass is 32.1. The second kappa shape index (κ2) is 5.62. The van der Waals surface area contributed by atoms with Gasteiger partial charge in [0.2, 0.25) is 0 Å². The van der Waals surface area contributed by atoms with Gasteiger partial charge < -0.3 is 5.32 Å². The molecular formula is C14H14N2S. The summed E-state index contributed by atoms with van der Waals surface area (Å²) in [5.41, 5.74) is 3.23. The topological polar surface area (TPSA) is 35.8 Å². The summed E-state index contributed by atoms with van der Waals surface area (Å²) in [4.78, 5) is 0. The van der Waals surface area contributed by atoms with Crippen LogP contribution in [-0.4, -0.2) is 0 Å². The van der Waals surface area contributed by atoms with E-state index in [2.05, 4.69) is 35.1 Å². The zero-order valence-electron chi connectivity index (χ0n) is 9.68. The van der Waals surface area contributed by atoms with Crippen LogP contribution >= 0.6 is 11.3 Å². The lowest BCUT2D eigenvalue weighted by molar-refractivity contribution is 0.575. The number of hydrogen-bond acceptors (Lipinski definition) is 3. The van der Waals surface area contributed by atoms with Crippen LogP contribution in [0.3, 0.4) is 0 Å². The van der Waals surface area contributed by atoms with Crippen LogP contribution in [0.5, 0.6) is 0 Å². The van der Waals surface area contributed by atoms with Gasteiger partial charge in [-0.05, 0) is 47.0 Å². The van der Waals surface area contributed by atoms with Crippen molar-refractivity contribution in [2.24, 2.45) is 0 Å². The third-order valence-electron chi connectivity index (χ3n) is 2.73. The largest absolute Gasteiger partial charge is 0.306 e. The second-order valence-electron chi connectivity index (χ2n) is 3.97. The molecule has 1 unspecified atom stereocenters. The molecule has 0 aliphatic rings. The number of nitrogens with zero attached hydrogens (tertiary/aromatic N) is 1. The van der Waals surface area contributed by atoms with Gasteiger partial charge in [0.1, 0.15) is 0 Å². The number of hydrogen-bond donors (Lipinski definition) is 1. The average Bonchev–Trinajstić information content (AvgIpc) is 2.89. The van der Waals surface area contributed by atoms with E-state index >= 15 is 0 Å². The van der Waals surface area contributed by atoms with Gasteiger partial charge in [-0.25, -0.2) is 0 Å². The maximum atomic E-state index is 8.73. The zero-order chi connectivity index (χ0) is 12.1. The molecule has 0 saturated heterocycles. The number of nitrogens with one attached hydrogen (secondary N) is 1. The molecule has 0 bridgehead atoms. The van der Waals surface area contributed by atoms with E-state index in [-0.39, 0.29) is 0 Å². The summed E-state index contributed by atoms with van der Waals surface area (Å²) in [6.45, 7) is 3.01. The molecule has 17 heavy (non-hydrogen) atoms. The molecule has 3 heteroatoms. The molecule has 2 rings (SSSR count). The molecule has 0 amide bonds. The Bertz CT molecular complexity index is 494. The fraction of sp³-hybridized carbons (Fsp3) is 0.214. The van der Waals surface area contributed by atoms with E-state index in [0.717, 1.165) is 6.54 Å². The Labute approximate surface area is 106 Å². The van der Waals surface area contributed by atoms with Crippen molar-refractivity contribution in [1.29, 1.82) is 5.26 Å². The van der Waals surface area contributed by atoms with Crippen LogP contribution in [0.15, 0.2) is 41.1 Å². The summed E-state index contributed by atoms with van der Waals surface area (Å²) in [5, 5.41) is 16.4. The number of nitriles is 1. The molecule has 0 radical (unpaired) electrons. The van der Waals surface area contributed by atoms with Crippen LogP contribution in [0.4, 0.5) is 0 Å². The molecule has 0 saturated carbocycles. The van der Waals surface area contributed by atoms with Crippen LogP contribution in [0.1, 0.15) is 29.7 Å². The quantitative estimate of drug-likeness (QED) is 0.891. The second-order valence-corrected chi connectivity index (χ2v) is 4.75. The normalized spacial score (nSPS) is 12.0. The van der Waals surface area contributed by atoms with Crippen LogP contribution < -0.4 is 5.32 Å². The minimum absolute atomic E-state index is 0.294.